The minimum atomic E-state index is -0.567. The molecule has 1 aromatic rings. The quantitative estimate of drug-likeness (QED) is 0.440. The van der Waals surface area contributed by atoms with E-state index >= 15 is 0 Å². The number of hydrogen-bond donors (Lipinski definition) is 4. The number of carbonyl (C=O) groups excluding carboxylic acids is 2. The number of rotatable bonds is 7. The molecule has 0 bridgehead atoms. The monoisotopic (exact) mass is 268 g/mol. The van der Waals surface area contributed by atoms with E-state index in [0.717, 1.165) is 0 Å². The highest BCUT2D eigenvalue weighted by atomic mass is 19.1. The first-order chi connectivity index (χ1) is 9.08. The van der Waals surface area contributed by atoms with E-state index in [1.807, 2.05) is 0 Å². The van der Waals surface area contributed by atoms with Crippen LogP contribution in [-0.4, -0.2) is 18.5 Å². The van der Waals surface area contributed by atoms with Gasteiger partial charge in [-0.15, -0.1) is 0 Å². The molecule has 0 heterocycles. The lowest BCUT2D eigenvalue weighted by Crippen LogP contribution is -2.31. The number of halogens is 1. The van der Waals surface area contributed by atoms with Crippen LogP contribution in [0.2, 0.25) is 0 Å². The van der Waals surface area contributed by atoms with E-state index < -0.39 is 6.03 Å². The molecular weight excluding hydrogens is 251 g/mol. The molecule has 1 rings (SSSR count). The molecular formula is C12H17FN4O2. The van der Waals surface area contributed by atoms with Gasteiger partial charge in [-0.1, -0.05) is 0 Å². The Labute approximate surface area is 110 Å². The number of amides is 3. The zero-order chi connectivity index (χ0) is 14.1. The van der Waals surface area contributed by atoms with Crippen LogP contribution < -0.4 is 21.9 Å². The Morgan fingerprint density at radius 1 is 1.16 bits per heavy atom. The summed E-state index contributed by atoms with van der Waals surface area (Å²) < 4.78 is 12.6. The Balaban J connectivity index is 2.11. The van der Waals surface area contributed by atoms with Crippen molar-refractivity contribution in [3.8, 4) is 0 Å². The number of unbranched alkanes of at least 4 members (excludes halogenated alkanes) is 1. The van der Waals surface area contributed by atoms with E-state index in [1.165, 1.54) is 24.3 Å². The van der Waals surface area contributed by atoms with Crippen molar-refractivity contribution in [1.29, 1.82) is 0 Å². The van der Waals surface area contributed by atoms with Crippen molar-refractivity contribution in [2.24, 2.45) is 5.73 Å². The molecule has 6 nitrogen and oxygen atoms in total. The van der Waals surface area contributed by atoms with E-state index in [4.69, 9.17) is 5.73 Å². The molecule has 19 heavy (non-hydrogen) atoms. The van der Waals surface area contributed by atoms with Gasteiger partial charge in [0.15, 0.2) is 0 Å². The summed E-state index contributed by atoms with van der Waals surface area (Å²) >= 11 is 0. The van der Waals surface area contributed by atoms with E-state index in [9.17, 15) is 14.0 Å². The van der Waals surface area contributed by atoms with Crippen molar-refractivity contribution in [3.05, 3.63) is 30.1 Å². The number of carbonyl (C=O) groups is 2. The fraction of sp³-hybridized carbons (Fsp3) is 0.333. The van der Waals surface area contributed by atoms with Crippen LogP contribution >= 0.6 is 0 Å². The first kappa shape index (κ1) is 14.7. The zero-order valence-electron chi connectivity index (χ0n) is 10.4. The smallest absolute Gasteiger partial charge is 0.312 e. The molecule has 0 saturated heterocycles. The van der Waals surface area contributed by atoms with Gasteiger partial charge in [0.2, 0.25) is 5.91 Å². The molecule has 0 atom stereocenters. The highest BCUT2D eigenvalue weighted by molar-refractivity contribution is 5.77. The van der Waals surface area contributed by atoms with Crippen molar-refractivity contribution < 1.29 is 14.0 Å². The van der Waals surface area contributed by atoms with Gasteiger partial charge in [0.05, 0.1) is 5.69 Å². The van der Waals surface area contributed by atoms with Crippen LogP contribution in [0.4, 0.5) is 14.9 Å². The van der Waals surface area contributed by atoms with Crippen molar-refractivity contribution >= 4 is 17.6 Å². The average molecular weight is 268 g/mol. The third kappa shape index (κ3) is 6.87. The minimum Gasteiger partial charge on any atom is -0.352 e. The normalized spacial score (nSPS) is 9.74. The maximum Gasteiger partial charge on any atom is 0.312 e. The second-order valence-electron chi connectivity index (χ2n) is 3.93. The molecule has 0 saturated carbocycles. The summed E-state index contributed by atoms with van der Waals surface area (Å²) in [5, 5.41) is 2.44. The van der Waals surface area contributed by atoms with Crippen LogP contribution in [0, 0.1) is 5.82 Å². The van der Waals surface area contributed by atoms with Gasteiger partial charge in [-0.2, -0.15) is 0 Å². The van der Waals surface area contributed by atoms with Gasteiger partial charge in [-0.05, 0) is 37.1 Å². The molecule has 3 amide bonds. The first-order valence-corrected chi connectivity index (χ1v) is 5.91. The van der Waals surface area contributed by atoms with Crippen molar-refractivity contribution in [2.45, 2.75) is 19.3 Å². The molecule has 0 aromatic heterocycles. The zero-order valence-corrected chi connectivity index (χ0v) is 10.4. The molecule has 7 heteroatoms. The molecule has 0 aliphatic heterocycles. The van der Waals surface area contributed by atoms with Gasteiger partial charge < -0.3 is 11.1 Å². The molecule has 5 N–H and O–H groups in total. The summed E-state index contributed by atoms with van der Waals surface area (Å²) in [6.07, 6.45) is 1.64. The molecule has 0 aliphatic carbocycles. The van der Waals surface area contributed by atoms with Crippen molar-refractivity contribution in [1.82, 2.24) is 10.7 Å². The van der Waals surface area contributed by atoms with Gasteiger partial charge in [-0.25, -0.2) is 9.18 Å². The number of hydrazine groups is 1. The number of urea groups is 1. The lowest BCUT2D eigenvalue weighted by Gasteiger charge is -2.08. The lowest BCUT2D eigenvalue weighted by atomic mass is 10.2. The van der Waals surface area contributed by atoms with Crippen LogP contribution in [-0.2, 0) is 4.79 Å². The molecule has 0 unspecified atom stereocenters. The fourth-order valence-electron chi connectivity index (χ4n) is 1.36. The minimum absolute atomic E-state index is 0.177. The number of anilines is 1. The number of nitrogens with one attached hydrogen (secondary N) is 3. The SMILES string of the molecule is NC(=O)NCCCCC(=O)NNc1ccc(F)cc1. The largest absolute Gasteiger partial charge is 0.352 e. The fourth-order valence-corrected chi connectivity index (χ4v) is 1.36. The van der Waals surface area contributed by atoms with Gasteiger partial charge in [0.25, 0.3) is 0 Å². The van der Waals surface area contributed by atoms with Crippen LogP contribution in [0.25, 0.3) is 0 Å². The Hall–Kier alpha value is -2.31. The summed E-state index contributed by atoms with van der Waals surface area (Å²) in [7, 11) is 0. The molecule has 0 aliphatic rings. The maximum atomic E-state index is 12.6. The summed E-state index contributed by atoms with van der Waals surface area (Å²) in [6, 6.07) is 5.06. The van der Waals surface area contributed by atoms with E-state index in [2.05, 4.69) is 16.2 Å². The predicted octanol–water partition coefficient (Wildman–Crippen LogP) is 1.11. The van der Waals surface area contributed by atoms with Crippen LogP contribution in [0.15, 0.2) is 24.3 Å². The number of hydrogen-bond acceptors (Lipinski definition) is 3. The standard InChI is InChI=1S/C12H17FN4O2/c13-9-4-6-10(7-5-9)16-17-11(18)3-1-2-8-15-12(14)19/h4-7,16H,1-3,8H2,(H,17,18)(H3,14,15,19). The molecule has 104 valence electrons. The third-order valence-electron chi connectivity index (χ3n) is 2.32. The summed E-state index contributed by atoms with van der Waals surface area (Å²) in [6.45, 7) is 0.452. The van der Waals surface area contributed by atoms with E-state index in [0.29, 0.717) is 31.5 Å². The highest BCUT2D eigenvalue weighted by Crippen LogP contribution is 2.06. The van der Waals surface area contributed by atoms with Gasteiger partial charge >= 0.3 is 6.03 Å². The van der Waals surface area contributed by atoms with Gasteiger partial charge in [0, 0.05) is 13.0 Å². The highest BCUT2D eigenvalue weighted by Gasteiger charge is 2.01. The van der Waals surface area contributed by atoms with Crippen molar-refractivity contribution in [3.63, 3.8) is 0 Å². The summed E-state index contributed by atoms with van der Waals surface area (Å²) in [5.74, 6) is -0.512. The predicted molar refractivity (Wildman–Crippen MR) is 69.6 cm³/mol. The van der Waals surface area contributed by atoms with Gasteiger partial charge in [-0.3, -0.25) is 15.6 Å². The topological polar surface area (TPSA) is 96.2 Å². The molecule has 0 fully saturated rings. The summed E-state index contributed by atoms with van der Waals surface area (Å²) in [4.78, 5) is 21.8. The van der Waals surface area contributed by atoms with E-state index in [-0.39, 0.29) is 11.7 Å². The second kappa shape index (κ2) is 7.91. The second-order valence-corrected chi connectivity index (χ2v) is 3.93. The Kier molecular flexibility index (Phi) is 6.14. The van der Waals surface area contributed by atoms with Crippen molar-refractivity contribution in [2.75, 3.05) is 12.0 Å². The average Bonchev–Trinajstić information content (AvgIpc) is 2.37. The number of nitrogens with two attached hydrogens (primary N) is 1. The summed E-state index contributed by atoms with van der Waals surface area (Å²) in [5.41, 5.74) is 10.7. The van der Waals surface area contributed by atoms with Crippen LogP contribution in [0.5, 0.6) is 0 Å². The molecule has 0 spiro atoms. The third-order valence-corrected chi connectivity index (χ3v) is 2.32. The molecule has 1 aromatic carbocycles. The van der Waals surface area contributed by atoms with Crippen LogP contribution in [0.1, 0.15) is 19.3 Å². The number of primary amides is 1. The Bertz CT molecular complexity index is 422. The Morgan fingerprint density at radius 3 is 2.47 bits per heavy atom. The van der Waals surface area contributed by atoms with Crippen LogP contribution in [0.3, 0.4) is 0 Å². The molecule has 0 radical (unpaired) electrons. The lowest BCUT2D eigenvalue weighted by molar-refractivity contribution is -0.120. The Morgan fingerprint density at radius 2 is 1.84 bits per heavy atom. The van der Waals surface area contributed by atoms with E-state index in [1.54, 1.807) is 0 Å². The van der Waals surface area contributed by atoms with Gasteiger partial charge in [0.1, 0.15) is 5.82 Å². The first-order valence-electron chi connectivity index (χ1n) is 5.91. The number of benzene rings is 1. The maximum absolute atomic E-state index is 12.6.